The van der Waals surface area contributed by atoms with Gasteiger partial charge < -0.3 is 5.32 Å². The second kappa shape index (κ2) is 4.84. The standard InChI is InChI=1S/C12H17N3OS/c1-5-12(4,8-13)9(16)15-11(2,3)10-14-6-7-17-10/h6-7H,5H2,1-4H3,(H,15,16). The van der Waals surface area contributed by atoms with Crippen LogP contribution in [0, 0.1) is 16.7 Å². The summed E-state index contributed by atoms with van der Waals surface area (Å²) in [6, 6.07) is 2.07. The van der Waals surface area contributed by atoms with E-state index < -0.39 is 11.0 Å². The number of carbonyl (C=O) groups is 1. The van der Waals surface area contributed by atoms with Crippen LogP contribution in [-0.4, -0.2) is 10.9 Å². The van der Waals surface area contributed by atoms with Crippen LogP contribution in [-0.2, 0) is 10.3 Å². The molecule has 1 aromatic rings. The molecule has 0 radical (unpaired) electrons. The number of aromatic nitrogens is 1. The second-order valence-electron chi connectivity index (χ2n) is 4.71. The highest BCUT2D eigenvalue weighted by molar-refractivity contribution is 7.09. The molecule has 1 aromatic heterocycles. The summed E-state index contributed by atoms with van der Waals surface area (Å²) >= 11 is 1.49. The largest absolute Gasteiger partial charge is 0.343 e. The van der Waals surface area contributed by atoms with Crippen molar-refractivity contribution in [2.45, 2.75) is 39.7 Å². The molecule has 0 bridgehead atoms. The maximum Gasteiger partial charge on any atom is 0.240 e. The molecule has 17 heavy (non-hydrogen) atoms. The molecule has 1 rings (SSSR count). The number of amides is 1. The normalized spacial score (nSPS) is 14.8. The summed E-state index contributed by atoms with van der Waals surface area (Å²) in [7, 11) is 0. The predicted molar refractivity (Wildman–Crippen MR) is 67.3 cm³/mol. The summed E-state index contributed by atoms with van der Waals surface area (Å²) < 4.78 is 0. The Morgan fingerprint density at radius 2 is 2.24 bits per heavy atom. The van der Waals surface area contributed by atoms with E-state index in [1.54, 1.807) is 13.1 Å². The number of carbonyl (C=O) groups excluding carboxylic acids is 1. The number of nitrogens with one attached hydrogen (secondary N) is 1. The Balaban J connectivity index is 2.86. The van der Waals surface area contributed by atoms with Gasteiger partial charge in [0, 0.05) is 11.6 Å². The summed E-state index contributed by atoms with van der Waals surface area (Å²) in [6.45, 7) is 7.26. The van der Waals surface area contributed by atoms with Crippen molar-refractivity contribution in [2.24, 2.45) is 5.41 Å². The minimum Gasteiger partial charge on any atom is -0.343 e. The van der Waals surface area contributed by atoms with Gasteiger partial charge in [0.1, 0.15) is 10.4 Å². The first-order valence-corrected chi connectivity index (χ1v) is 6.37. The molecule has 1 N–H and O–H groups in total. The summed E-state index contributed by atoms with van der Waals surface area (Å²) in [5.74, 6) is -0.247. The summed E-state index contributed by atoms with van der Waals surface area (Å²) in [4.78, 5) is 16.3. The molecule has 0 fully saturated rings. The van der Waals surface area contributed by atoms with Crippen molar-refractivity contribution >= 4 is 17.2 Å². The van der Waals surface area contributed by atoms with Gasteiger partial charge in [0.15, 0.2) is 0 Å². The van der Waals surface area contributed by atoms with Gasteiger partial charge >= 0.3 is 0 Å². The molecule has 1 atom stereocenters. The number of rotatable bonds is 4. The molecule has 0 spiro atoms. The lowest BCUT2D eigenvalue weighted by atomic mass is 9.87. The Morgan fingerprint density at radius 1 is 1.59 bits per heavy atom. The van der Waals surface area contributed by atoms with Crippen molar-refractivity contribution in [3.05, 3.63) is 16.6 Å². The minimum atomic E-state index is -0.978. The maximum atomic E-state index is 12.1. The van der Waals surface area contributed by atoms with E-state index in [0.29, 0.717) is 6.42 Å². The van der Waals surface area contributed by atoms with Gasteiger partial charge in [-0.2, -0.15) is 5.26 Å². The fraction of sp³-hybridized carbons (Fsp3) is 0.583. The zero-order valence-corrected chi connectivity index (χ0v) is 11.4. The second-order valence-corrected chi connectivity index (χ2v) is 5.61. The smallest absolute Gasteiger partial charge is 0.240 e. The van der Waals surface area contributed by atoms with E-state index in [2.05, 4.69) is 16.4 Å². The van der Waals surface area contributed by atoms with Crippen LogP contribution in [0.3, 0.4) is 0 Å². The van der Waals surface area contributed by atoms with Gasteiger partial charge in [-0.3, -0.25) is 4.79 Å². The van der Waals surface area contributed by atoms with E-state index >= 15 is 0 Å². The Morgan fingerprint density at radius 3 is 2.65 bits per heavy atom. The van der Waals surface area contributed by atoms with E-state index in [9.17, 15) is 4.79 Å². The van der Waals surface area contributed by atoms with Crippen LogP contribution in [0.2, 0.25) is 0 Å². The average molecular weight is 251 g/mol. The lowest BCUT2D eigenvalue weighted by Crippen LogP contribution is -2.47. The molecule has 1 unspecified atom stereocenters. The van der Waals surface area contributed by atoms with Gasteiger partial charge in [-0.1, -0.05) is 6.92 Å². The highest BCUT2D eigenvalue weighted by Crippen LogP contribution is 2.26. The molecule has 0 aliphatic heterocycles. The quantitative estimate of drug-likeness (QED) is 0.893. The molecule has 0 saturated carbocycles. The van der Waals surface area contributed by atoms with Crippen LogP contribution in [0.5, 0.6) is 0 Å². The molecule has 4 nitrogen and oxygen atoms in total. The fourth-order valence-corrected chi connectivity index (χ4v) is 2.02. The van der Waals surface area contributed by atoms with Gasteiger partial charge in [-0.15, -0.1) is 11.3 Å². The van der Waals surface area contributed by atoms with Crippen molar-refractivity contribution in [3.8, 4) is 6.07 Å². The van der Waals surface area contributed by atoms with Crippen LogP contribution in [0.4, 0.5) is 0 Å². The summed E-state index contributed by atoms with van der Waals surface area (Å²) in [6.07, 6.45) is 2.19. The third kappa shape index (κ3) is 2.83. The zero-order valence-electron chi connectivity index (χ0n) is 10.6. The molecule has 92 valence electrons. The number of thiazole rings is 1. The SMILES string of the molecule is CCC(C)(C#N)C(=O)NC(C)(C)c1nccs1. The Hall–Kier alpha value is -1.41. The molecule has 1 heterocycles. The van der Waals surface area contributed by atoms with Crippen LogP contribution in [0.1, 0.15) is 39.1 Å². The van der Waals surface area contributed by atoms with Crippen LogP contribution < -0.4 is 5.32 Å². The lowest BCUT2D eigenvalue weighted by Gasteiger charge is -2.28. The zero-order chi connectivity index (χ0) is 13.1. The first-order valence-electron chi connectivity index (χ1n) is 5.49. The molecule has 0 saturated heterocycles. The van der Waals surface area contributed by atoms with Gasteiger partial charge in [0.2, 0.25) is 5.91 Å². The lowest BCUT2D eigenvalue weighted by molar-refractivity contribution is -0.129. The third-order valence-corrected chi connectivity index (χ3v) is 3.94. The monoisotopic (exact) mass is 251 g/mol. The molecule has 1 amide bonds. The van der Waals surface area contributed by atoms with Crippen LogP contribution in [0.25, 0.3) is 0 Å². The van der Waals surface area contributed by atoms with Gasteiger partial charge in [-0.05, 0) is 27.2 Å². The first-order chi connectivity index (χ1) is 7.85. The Labute approximate surface area is 106 Å². The summed E-state index contributed by atoms with van der Waals surface area (Å²) in [5, 5.41) is 14.6. The third-order valence-electron chi connectivity index (χ3n) is 2.85. The van der Waals surface area contributed by atoms with Crippen LogP contribution >= 0.6 is 11.3 Å². The van der Waals surface area contributed by atoms with Crippen molar-refractivity contribution < 1.29 is 4.79 Å². The maximum absolute atomic E-state index is 12.1. The minimum absolute atomic E-state index is 0.247. The number of nitriles is 1. The highest BCUT2D eigenvalue weighted by Gasteiger charge is 2.36. The van der Waals surface area contributed by atoms with Crippen molar-refractivity contribution in [3.63, 3.8) is 0 Å². The molecular weight excluding hydrogens is 234 g/mol. The fourth-order valence-electron chi connectivity index (χ4n) is 1.30. The molecular formula is C12H17N3OS. The molecule has 0 aliphatic rings. The van der Waals surface area contributed by atoms with E-state index in [1.807, 2.05) is 26.2 Å². The van der Waals surface area contributed by atoms with Gasteiger partial charge in [0.25, 0.3) is 0 Å². The topological polar surface area (TPSA) is 65.8 Å². The Kier molecular flexibility index (Phi) is 3.89. The van der Waals surface area contributed by atoms with Crippen molar-refractivity contribution in [1.29, 1.82) is 5.26 Å². The number of hydrogen-bond acceptors (Lipinski definition) is 4. The number of nitrogens with zero attached hydrogens (tertiary/aromatic N) is 2. The summed E-state index contributed by atoms with van der Waals surface area (Å²) in [5.41, 5.74) is -1.52. The van der Waals surface area contributed by atoms with E-state index in [-0.39, 0.29) is 5.91 Å². The predicted octanol–water partition coefficient (Wildman–Crippen LogP) is 2.43. The first kappa shape index (κ1) is 13.7. The molecule has 0 aromatic carbocycles. The van der Waals surface area contributed by atoms with Gasteiger partial charge in [0.05, 0.1) is 11.6 Å². The van der Waals surface area contributed by atoms with Crippen LogP contribution in [0.15, 0.2) is 11.6 Å². The highest BCUT2D eigenvalue weighted by atomic mass is 32.1. The van der Waals surface area contributed by atoms with E-state index in [1.165, 1.54) is 11.3 Å². The van der Waals surface area contributed by atoms with E-state index in [0.717, 1.165) is 5.01 Å². The Bertz CT molecular complexity index is 433. The molecule has 5 heteroatoms. The van der Waals surface area contributed by atoms with E-state index in [4.69, 9.17) is 5.26 Å². The average Bonchev–Trinajstić information content (AvgIpc) is 2.81. The van der Waals surface area contributed by atoms with Crippen molar-refractivity contribution in [1.82, 2.24) is 10.3 Å². The van der Waals surface area contributed by atoms with Gasteiger partial charge in [-0.25, -0.2) is 4.98 Å². The molecule has 0 aliphatic carbocycles. The van der Waals surface area contributed by atoms with Crippen molar-refractivity contribution in [2.75, 3.05) is 0 Å². The number of hydrogen-bond donors (Lipinski definition) is 1.